The highest BCUT2D eigenvalue weighted by atomic mass is 79.9. The minimum atomic E-state index is 0.534. The highest BCUT2D eigenvalue weighted by Gasteiger charge is 2.14. The lowest BCUT2D eigenvalue weighted by molar-refractivity contribution is 0.0320. The van der Waals surface area contributed by atoms with Crippen molar-refractivity contribution in [2.24, 2.45) is 5.16 Å². The Bertz CT molecular complexity index is 505. The number of hydrogen-bond acceptors (Lipinski definition) is 6. The van der Waals surface area contributed by atoms with Crippen molar-refractivity contribution in [2.45, 2.75) is 6.92 Å². The lowest BCUT2D eigenvalue weighted by Gasteiger charge is -2.26. The molecule has 7 heteroatoms. The van der Waals surface area contributed by atoms with Crippen LogP contribution in [0.5, 0.6) is 11.5 Å². The normalized spacial score (nSPS) is 16.1. The standard InChI is InChI=1S/C15H21BrN2O4/c1-2-21-14-10-12(11-17-19)9-13(16)15(14)22-8-5-18-3-6-20-7-4-18/h9-11,19H,2-8H2,1H3. The number of morpholine rings is 1. The molecule has 1 aliphatic heterocycles. The Morgan fingerprint density at radius 1 is 1.36 bits per heavy atom. The SMILES string of the molecule is CCOc1cc(C=NO)cc(Br)c1OCCN1CCOCC1. The summed E-state index contributed by atoms with van der Waals surface area (Å²) >= 11 is 3.48. The minimum Gasteiger partial charge on any atom is -0.490 e. The van der Waals surface area contributed by atoms with Gasteiger partial charge in [0, 0.05) is 25.2 Å². The summed E-state index contributed by atoms with van der Waals surface area (Å²) in [5, 5.41) is 11.7. The molecule has 1 aromatic carbocycles. The van der Waals surface area contributed by atoms with Gasteiger partial charge in [-0.25, -0.2) is 0 Å². The zero-order chi connectivity index (χ0) is 15.8. The Hall–Kier alpha value is -1.31. The van der Waals surface area contributed by atoms with Crippen LogP contribution in [-0.2, 0) is 4.74 Å². The van der Waals surface area contributed by atoms with Gasteiger partial charge in [0.2, 0.25) is 0 Å². The largest absolute Gasteiger partial charge is 0.490 e. The molecule has 1 fully saturated rings. The van der Waals surface area contributed by atoms with Gasteiger partial charge in [-0.2, -0.15) is 0 Å². The Morgan fingerprint density at radius 2 is 2.14 bits per heavy atom. The first-order valence-electron chi connectivity index (χ1n) is 7.31. The number of nitrogens with zero attached hydrogens (tertiary/aromatic N) is 2. The van der Waals surface area contributed by atoms with E-state index in [1.54, 1.807) is 6.07 Å². The van der Waals surface area contributed by atoms with E-state index in [0.29, 0.717) is 24.7 Å². The van der Waals surface area contributed by atoms with Gasteiger partial charge in [-0.3, -0.25) is 4.90 Å². The van der Waals surface area contributed by atoms with Crippen LogP contribution in [0.3, 0.4) is 0 Å². The van der Waals surface area contributed by atoms with Crippen LogP contribution in [-0.4, -0.2) is 62.4 Å². The van der Waals surface area contributed by atoms with Gasteiger partial charge >= 0.3 is 0 Å². The van der Waals surface area contributed by atoms with Crippen LogP contribution in [0.4, 0.5) is 0 Å². The smallest absolute Gasteiger partial charge is 0.175 e. The first-order chi connectivity index (χ1) is 10.7. The van der Waals surface area contributed by atoms with Crippen molar-refractivity contribution >= 4 is 22.1 Å². The Labute approximate surface area is 138 Å². The van der Waals surface area contributed by atoms with E-state index in [1.165, 1.54) is 6.21 Å². The maximum Gasteiger partial charge on any atom is 0.175 e. The molecule has 2 rings (SSSR count). The van der Waals surface area contributed by atoms with Crippen molar-refractivity contribution in [3.8, 4) is 11.5 Å². The molecule has 1 saturated heterocycles. The number of oxime groups is 1. The first-order valence-corrected chi connectivity index (χ1v) is 8.10. The van der Waals surface area contributed by atoms with E-state index in [-0.39, 0.29) is 0 Å². The lowest BCUT2D eigenvalue weighted by atomic mass is 10.2. The van der Waals surface area contributed by atoms with E-state index in [9.17, 15) is 0 Å². The molecule has 1 aliphatic rings. The van der Waals surface area contributed by atoms with Crippen molar-refractivity contribution in [2.75, 3.05) is 46.1 Å². The van der Waals surface area contributed by atoms with Crippen LogP contribution in [0.1, 0.15) is 12.5 Å². The van der Waals surface area contributed by atoms with Gasteiger partial charge in [-0.15, -0.1) is 0 Å². The van der Waals surface area contributed by atoms with Crippen molar-refractivity contribution in [3.63, 3.8) is 0 Å². The van der Waals surface area contributed by atoms with Crippen molar-refractivity contribution in [3.05, 3.63) is 22.2 Å². The van der Waals surface area contributed by atoms with E-state index >= 15 is 0 Å². The summed E-state index contributed by atoms with van der Waals surface area (Å²) in [5.74, 6) is 1.30. The highest BCUT2D eigenvalue weighted by molar-refractivity contribution is 9.10. The van der Waals surface area contributed by atoms with Gasteiger partial charge < -0.3 is 19.4 Å². The fraction of sp³-hybridized carbons (Fsp3) is 0.533. The molecule has 0 saturated carbocycles. The highest BCUT2D eigenvalue weighted by Crippen LogP contribution is 2.36. The molecule has 22 heavy (non-hydrogen) atoms. The van der Waals surface area contributed by atoms with E-state index in [4.69, 9.17) is 19.4 Å². The second-order valence-corrected chi connectivity index (χ2v) is 5.66. The van der Waals surface area contributed by atoms with E-state index in [1.807, 2.05) is 13.0 Å². The quantitative estimate of drug-likeness (QED) is 0.452. The number of ether oxygens (including phenoxy) is 3. The fourth-order valence-electron chi connectivity index (χ4n) is 2.23. The molecule has 0 aliphatic carbocycles. The van der Waals surface area contributed by atoms with Crippen LogP contribution in [0.15, 0.2) is 21.8 Å². The van der Waals surface area contributed by atoms with E-state index < -0.39 is 0 Å². The van der Waals surface area contributed by atoms with Crippen LogP contribution in [0.2, 0.25) is 0 Å². The molecule has 0 radical (unpaired) electrons. The number of benzene rings is 1. The summed E-state index contributed by atoms with van der Waals surface area (Å²) in [7, 11) is 0. The molecular formula is C15H21BrN2O4. The van der Waals surface area contributed by atoms with Crippen molar-refractivity contribution in [1.29, 1.82) is 0 Å². The first kappa shape index (κ1) is 17.1. The van der Waals surface area contributed by atoms with Crippen LogP contribution in [0.25, 0.3) is 0 Å². The predicted molar refractivity (Wildman–Crippen MR) is 87.4 cm³/mol. The third-order valence-corrected chi connectivity index (χ3v) is 3.89. The Morgan fingerprint density at radius 3 is 2.82 bits per heavy atom. The van der Waals surface area contributed by atoms with Crippen molar-refractivity contribution in [1.82, 2.24) is 4.90 Å². The second kappa shape index (κ2) is 8.97. The number of halogens is 1. The minimum absolute atomic E-state index is 0.534. The average molecular weight is 373 g/mol. The van der Waals surface area contributed by atoms with Gasteiger partial charge in [0.25, 0.3) is 0 Å². The molecule has 0 amide bonds. The van der Waals surface area contributed by atoms with Gasteiger partial charge in [-0.1, -0.05) is 5.16 Å². The molecule has 0 unspecified atom stereocenters. The van der Waals surface area contributed by atoms with Crippen LogP contribution < -0.4 is 9.47 Å². The summed E-state index contributed by atoms with van der Waals surface area (Å²) in [6, 6.07) is 3.62. The number of rotatable bonds is 7. The molecule has 6 nitrogen and oxygen atoms in total. The van der Waals surface area contributed by atoms with Gasteiger partial charge in [0.1, 0.15) is 6.61 Å². The topological polar surface area (TPSA) is 63.5 Å². The monoisotopic (exact) mass is 372 g/mol. The maximum absolute atomic E-state index is 8.65. The van der Waals surface area contributed by atoms with Crippen LogP contribution >= 0.6 is 15.9 Å². The molecule has 1 heterocycles. The molecule has 122 valence electrons. The summed E-state index contributed by atoms with van der Waals surface area (Å²) in [6.45, 7) is 7.31. The van der Waals surface area contributed by atoms with Gasteiger partial charge in [-0.05, 0) is 35.0 Å². The summed E-state index contributed by atoms with van der Waals surface area (Å²) < 4.78 is 17.6. The fourth-order valence-corrected chi connectivity index (χ4v) is 2.81. The molecule has 0 bridgehead atoms. The summed E-state index contributed by atoms with van der Waals surface area (Å²) in [5.41, 5.74) is 0.735. The second-order valence-electron chi connectivity index (χ2n) is 4.81. The molecule has 0 aromatic heterocycles. The third kappa shape index (κ3) is 4.86. The summed E-state index contributed by atoms with van der Waals surface area (Å²) in [4.78, 5) is 2.31. The van der Waals surface area contributed by atoms with Crippen molar-refractivity contribution < 1.29 is 19.4 Å². The van der Waals surface area contributed by atoms with E-state index in [0.717, 1.165) is 42.9 Å². The Balaban J connectivity index is 2.01. The molecule has 0 spiro atoms. The predicted octanol–water partition coefficient (Wildman–Crippen LogP) is 2.37. The molecule has 0 atom stereocenters. The average Bonchev–Trinajstić information content (AvgIpc) is 2.51. The summed E-state index contributed by atoms with van der Waals surface area (Å²) in [6.07, 6.45) is 1.35. The number of hydrogen-bond donors (Lipinski definition) is 1. The van der Waals surface area contributed by atoms with Crippen LogP contribution in [0, 0.1) is 0 Å². The van der Waals surface area contributed by atoms with E-state index in [2.05, 4.69) is 26.0 Å². The lowest BCUT2D eigenvalue weighted by Crippen LogP contribution is -2.38. The molecule has 1 N–H and O–H groups in total. The molecule has 1 aromatic rings. The van der Waals surface area contributed by atoms with Gasteiger partial charge in [0.05, 0.1) is 30.5 Å². The third-order valence-electron chi connectivity index (χ3n) is 3.30. The van der Waals surface area contributed by atoms with Gasteiger partial charge in [0.15, 0.2) is 11.5 Å². The zero-order valence-corrected chi connectivity index (χ0v) is 14.2. The zero-order valence-electron chi connectivity index (χ0n) is 12.6. The maximum atomic E-state index is 8.65. The Kier molecular flexibility index (Phi) is 6.95. The molecular weight excluding hydrogens is 352 g/mol.